The molecule has 0 atom stereocenters. The van der Waals surface area contributed by atoms with Gasteiger partial charge in [0.15, 0.2) is 0 Å². The van der Waals surface area contributed by atoms with Gasteiger partial charge >= 0.3 is 0 Å². The number of benzene rings is 6. The highest BCUT2D eigenvalue weighted by atomic mass is 16.3. The van der Waals surface area contributed by atoms with Gasteiger partial charge in [0.05, 0.1) is 17.0 Å². The molecule has 0 saturated heterocycles. The van der Waals surface area contributed by atoms with Crippen molar-refractivity contribution < 1.29 is 4.42 Å². The molecule has 7 aromatic rings. The van der Waals surface area contributed by atoms with E-state index in [1.807, 2.05) is 0 Å². The minimum Gasteiger partial charge on any atom is -0.468 e. The van der Waals surface area contributed by atoms with Crippen molar-refractivity contribution in [1.29, 1.82) is 0 Å². The lowest BCUT2D eigenvalue weighted by atomic mass is 9.35. The van der Waals surface area contributed by atoms with Gasteiger partial charge in [0.2, 0.25) is 0 Å². The predicted molar refractivity (Wildman–Crippen MR) is 274 cm³/mol. The normalized spacial score (nSPS) is 18.5. The van der Waals surface area contributed by atoms with Gasteiger partial charge in [-0.3, -0.25) is 0 Å². The summed E-state index contributed by atoms with van der Waals surface area (Å²) in [5.74, 6) is 0. The quantitative estimate of drug-likeness (QED) is 0.165. The second kappa shape index (κ2) is 13.5. The zero-order valence-corrected chi connectivity index (χ0v) is 40.6. The molecule has 64 heavy (non-hydrogen) atoms. The van der Waals surface area contributed by atoms with Gasteiger partial charge < -0.3 is 14.2 Å². The Morgan fingerprint density at radius 3 is 1.80 bits per heavy atom. The van der Waals surface area contributed by atoms with Crippen LogP contribution in [0.5, 0.6) is 0 Å². The number of hydrogen-bond acceptors (Lipinski definition) is 3. The second-order valence-corrected chi connectivity index (χ2v) is 23.7. The average molecular weight is 841 g/mol. The smallest absolute Gasteiger partial charge is 0.297 e. The second-order valence-electron chi connectivity index (χ2n) is 23.7. The van der Waals surface area contributed by atoms with Gasteiger partial charge in [-0.1, -0.05) is 136 Å². The van der Waals surface area contributed by atoms with Crippen LogP contribution in [0.4, 0.5) is 34.1 Å². The van der Waals surface area contributed by atoms with Crippen LogP contribution in [0.1, 0.15) is 141 Å². The molecule has 0 N–H and O–H groups in total. The number of nitrogens with zero attached hydrogens (tertiary/aromatic N) is 2. The van der Waals surface area contributed by atoms with Gasteiger partial charge in [-0.05, 0) is 171 Å². The third-order valence-corrected chi connectivity index (χ3v) is 16.2. The van der Waals surface area contributed by atoms with Crippen LogP contribution in [0.2, 0.25) is 0 Å². The lowest BCUT2D eigenvalue weighted by molar-refractivity contribution is 0.332. The first kappa shape index (κ1) is 41.2. The third-order valence-electron chi connectivity index (χ3n) is 16.2. The minimum absolute atomic E-state index is 0.0213. The summed E-state index contributed by atoms with van der Waals surface area (Å²) in [6.45, 7) is 31.0. The summed E-state index contributed by atoms with van der Waals surface area (Å²) in [5, 5.41) is 1.16. The molecule has 4 heteroatoms. The third kappa shape index (κ3) is 6.06. The SMILES string of the molecule is Cc1cc2c3c(c1)N(c1ccc(C(C)(C)C)cc1-c1ccccc1)c1c(oc4ccc(C)cc14)B3c1cc3c(cc1N2c1ccc2c(c1)C(C)(C)CCC2(C)C)C(C)(C)CCC3(C)C. The Morgan fingerprint density at radius 2 is 1.14 bits per heavy atom. The van der Waals surface area contributed by atoms with E-state index in [9.17, 15) is 0 Å². The van der Waals surface area contributed by atoms with Crippen LogP contribution in [-0.2, 0) is 27.1 Å². The topological polar surface area (TPSA) is 19.6 Å². The Kier molecular flexibility index (Phi) is 8.72. The molecular formula is C60H65BN2O. The summed E-state index contributed by atoms with van der Waals surface area (Å²) < 4.78 is 7.40. The summed E-state index contributed by atoms with van der Waals surface area (Å²) in [6, 6.07) is 42.6. The fourth-order valence-electron chi connectivity index (χ4n) is 12.1. The van der Waals surface area contributed by atoms with E-state index in [0.717, 1.165) is 35.2 Å². The van der Waals surface area contributed by atoms with Crippen molar-refractivity contribution in [3.8, 4) is 11.1 Å². The average Bonchev–Trinajstić information content (AvgIpc) is 3.61. The maximum atomic E-state index is 7.40. The Balaban J connectivity index is 1.28. The van der Waals surface area contributed by atoms with E-state index >= 15 is 0 Å². The van der Waals surface area contributed by atoms with Crippen molar-refractivity contribution in [2.45, 2.75) is 143 Å². The Bertz CT molecular complexity index is 3080. The van der Waals surface area contributed by atoms with Crippen molar-refractivity contribution in [3.63, 3.8) is 0 Å². The number of anilines is 6. The van der Waals surface area contributed by atoms with E-state index in [4.69, 9.17) is 4.42 Å². The molecular weight excluding hydrogens is 775 g/mol. The predicted octanol–water partition coefficient (Wildman–Crippen LogP) is 14.8. The van der Waals surface area contributed by atoms with Crippen molar-refractivity contribution >= 4 is 68.4 Å². The fourth-order valence-corrected chi connectivity index (χ4v) is 12.1. The van der Waals surface area contributed by atoms with Crippen molar-refractivity contribution in [2.75, 3.05) is 9.80 Å². The summed E-state index contributed by atoms with van der Waals surface area (Å²) in [4.78, 5) is 5.25. The molecule has 4 aliphatic rings. The highest BCUT2D eigenvalue weighted by molar-refractivity contribution is 7.00. The fraction of sp³-hybridized carbons (Fsp3) is 0.367. The lowest BCUT2D eigenvalue weighted by Gasteiger charge is -2.47. The number of aryl methyl sites for hydroxylation is 2. The van der Waals surface area contributed by atoms with E-state index in [-0.39, 0.29) is 33.8 Å². The van der Waals surface area contributed by atoms with Gasteiger partial charge in [0, 0.05) is 33.7 Å². The van der Waals surface area contributed by atoms with Gasteiger partial charge in [0.25, 0.3) is 6.71 Å². The molecule has 0 radical (unpaired) electrons. The minimum atomic E-state index is -0.107. The maximum absolute atomic E-state index is 7.40. The molecule has 0 fully saturated rings. The Labute approximate surface area is 383 Å². The lowest BCUT2D eigenvalue weighted by Crippen LogP contribution is -2.61. The van der Waals surface area contributed by atoms with Gasteiger partial charge in [-0.15, -0.1) is 0 Å². The highest BCUT2D eigenvalue weighted by Crippen LogP contribution is 2.54. The van der Waals surface area contributed by atoms with Crippen LogP contribution in [-0.4, -0.2) is 6.71 Å². The number of furan rings is 1. The van der Waals surface area contributed by atoms with E-state index in [1.54, 1.807) is 0 Å². The van der Waals surface area contributed by atoms with Crippen molar-refractivity contribution in [3.05, 3.63) is 148 Å². The van der Waals surface area contributed by atoms with Gasteiger partial charge in [-0.2, -0.15) is 0 Å². The number of fused-ring (bicyclic) bond motifs is 8. The largest absolute Gasteiger partial charge is 0.468 e. The monoisotopic (exact) mass is 841 g/mol. The van der Waals surface area contributed by atoms with E-state index < -0.39 is 0 Å². The first-order chi connectivity index (χ1) is 30.1. The summed E-state index contributed by atoms with van der Waals surface area (Å²) >= 11 is 0. The molecule has 3 heterocycles. The van der Waals surface area contributed by atoms with E-state index in [1.165, 1.54) is 102 Å². The van der Waals surface area contributed by atoms with Crippen molar-refractivity contribution in [1.82, 2.24) is 0 Å². The molecule has 11 rings (SSSR count). The molecule has 6 aromatic carbocycles. The Morgan fingerprint density at radius 1 is 0.531 bits per heavy atom. The molecule has 2 aliphatic carbocycles. The number of hydrogen-bond donors (Lipinski definition) is 0. The first-order valence-corrected chi connectivity index (χ1v) is 24.0. The zero-order valence-electron chi connectivity index (χ0n) is 40.6. The highest BCUT2D eigenvalue weighted by Gasteiger charge is 2.49. The molecule has 0 bridgehead atoms. The molecule has 2 aliphatic heterocycles. The van der Waals surface area contributed by atoms with Crippen LogP contribution in [0, 0.1) is 13.8 Å². The molecule has 0 saturated carbocycles. The van der Waals surface area contributed by atoms with E-state index in [0.29, 0.717) is 0 Å². The molecule has 0 amide bonds. The van der Waals surface area contributed by atoms with Crippen LogP contribution < -0.4 is 26.4 Å². The Hall–Kier alpha value is -5.48. The summed E-state index contributed by atoms with van der Waals surface area (Å²) in [7, 11) is 0. The van der Waals surface area contributed by atoms with Crippen molar-refractivity contribution in [2.24, 2.45) is 0 Å². The van der Waals surface area contributed by atoms with Crippen LogP contribution in [0.3, 0.4) is 0 Å². The molecule has 0 unspecified atom stereocenters. The maximum Gasteiger partial charge on any atom is 0.297 e. The summed E-state index contributed by atoms with van der Waals surface area (Å²) in [5.41, 5.74) is 24.3. The molecule has 1 aromatic heterocycles. The van der Waals surface area contributed by atoms with E-state index in [2.05, 4.69) is 209 Å². The van der Waals surface area contributed by atoms with Crippen LogP contribution in [0.25, 0.3) is 22.1 Å². The van der Waals surface area contributed by atoms with Gasteiger partial charge in [0.1, 0.15) is 5.58 Å². The standard InChI is InChI=1S/C60H65BN2O/c1-36-19-24-52-42(29-36)54-55(64-52)61-47-34-45-46(60(12,13)28-27-59(45,10)11)35-49(47)62(40-21-22-43-44(33-40)58(8,9)26-25-57(43,6)7)50-30-37(2)31-51(53(50)61)63(54)48-23-20-39(56(3,4)5)32-41(48)38-17-15-14-16-18-38/h14-24,29-35H,25-28H2,1-13H3. The van der Waals surface area contributed by atoms with Crippen LogP contribution in [0.15, 0.2) is 114 Å². The van der Waals surface area contributed by atoms with Gasteiger partial charge in [-0.25, -0.2) is 0 Å². The molecule has 324 valence electrons. The molecule has 3 nitrogen and oxygen atoms in total. The first-order valence-electron chi connectivity index (χ1n) is 24.0. The van der Waals surface area contributed by atoms with Crippen LogP contribution >= 0.6 is 0 Å². The summed E-state index contributed by atoms with van der Waals surface area (Å²) in [6.07, 6.45) is 4.69. The zero-order chi connectivity index (χ0) is 45.0. The molecule has 0 spiro atoms. The number of rotatable bonds is 3.